The lowest BCUT2D eigenvalue weighted by atomic mass is 10.3. The fourth-order valence-corrected chi connectivity index (χ4v) is 4.48. The molecule has 0 fully saturated rings. The van der Waals surface area contributed by atoms with Crippen molar-refractivity contribution in [1.29, 1.82) is 0 Å². The van der Waals surface area contributed by atoms with Gasteiger partial charge >= 0.3 is 0 Å². The predicted molar refractivity (Wildman–Crippen MR) is 115 cm³/mol. The Hall–Kier alpha value is -2.13. The largest absolute Gasteiger partial charge is 0.326 e. The topological polar surface area (TPSA) is 95.6 Å². The predicted octanol–water partition coefficient (Wildman–Crippen LogP) is 3.99. The molecular weight excluding hydrogens is 437 g/mol. The molecule has 0 aromatic heterocycles. The van der Waals surface area contributed by atoms with E-state index in [2.05, 4.69) is 10.6 Å². The smallest absolute Gasteiger partial charge is 0.243 e. The summed E-state index contributed by atoms with van der Waals surface area (Å²) in [7, 11) is -3.91. The molecular formula is C19H21Cl2N3O4S. The van der Waals surface area contributed by atoms with Crippen molar-refractivity contribution >= 4 is 56.4 Å². The maximum absolute atomic E-state index is 13.0. The lowest BCUT2D eigenvalue weighted by Gasteiger charge is -2.21. The average molecular weight is 458 g/mol. The van der Waals surface area contributed by atoms with E-state index >= 15 is 0 Å². The molecule has 0 bridgehead atoms. The summed E-state index contributed by atoms with van der Waals surface area (Å²) in [5.41, 5.74) is 0.822. The van der Waals surface area contributed by atoms with Crippen LogP contribution in [0.4, 0.5) is 11.4 Å². The van der Waals surface area contributed by atoms with Gasteiger partial charge in [0.15, 0.2) is 0 Å². The summed E-state index contributed by atoms with van der Waals surface area (Å²) in [6.07, 6.45) is 0.526. The first-order valence-corrected chi connectivity index (χ1v) is 11.0. The van der Waals surface area contributed by atoms with E-state index in [1.165, 1.54) is 37.3 Å². The molecule has 0 unspecified atom stereocenters. The number of nitrogens with zero attached hydrogens (tertiary/aromatic N) is 1. The van der Waals surface area contributed by atoms with Crippen molar-refractivity contribution < 1.29 is 18.0 Å². The van der Waals surface area contributed by atoms with Crippen LogP contribution in [0.15, 0.2) is 47.4 Å². The molecule has 29 heavy (non-hydrogen) atoms. The summed E-state index contributed by atoms with van der Waals surface area (Å²) in [6.45, 7) is 2.97. The molecule has 0 aliphatic carbocycles. The van der Waals surface area contributed by atoms with Crippen LogP contribution in [0.25, 0.3) is 0 Å². The molecule has 0 aliphatic rings. The molecule has 0 aliphatic heterocycles. The Morgan fingerprint density at radius 2 is 1.69 bits per heavy atom. The summed E-state index contributed by atoms with van der Waals surface area (Å²) >= 11 is 11.9. The molecule has 0 heterocycles. The van der Waals surface area contributed by atoms with Crippen LogP contribution >= 0.6 is 23.2 Å². The van der Waals surface area contributed by atoms with Gasteiger partial charge in [-0.3, -0.25) is 9.59 Å². The van der Waals surface area contributed by atoms with Crippen LogP contribution in [-0.4, -0.2) is 37.6 Å². The lowest BCUT2D eigenvalue weighted by molar-refractivity contribution is -0.116. The Labute approximate surface area is 180 Å². The molecule has 2 amide bonds. The minimum absolute atomic E-state index is 0.0253. The van der Waals surface area contributed by atoms with Gasteiger partial charge in [0.1, 0.15) is 0 Å². The van der Waals surface area contributed by atoms with E-state index in [1.54, 1.807) is 12.1 Å². The van der Waals surface area contributed by atoms with Crippen molar-refractivity contribution in [3.8, 4) is 0 Å². The number of anilines is 2. The van der Waals surface area contributed by atoms with E-state index < -0.39 is 15.9 Å². The highest BCUT2D eigenvalue weighted by molar-refractivity contribution is 7.89. The van der Waals surface area contributed by atoms with Gasteiger partial charge in [0.05, 0.1) is 22.2 Å². The van der Waals surface area contributed by atoms with Crippen molar-refractivity contribution in [3.63, 3.8) is 0 Å². The van der Waals surface area contributed by atoms with Crippen LogP contribution in [-0.2, 0) is 19.6 Å². The zero-order chi connectivity index (χ0) is 21.6. The van der Waals surface area contributed by atoms with Crippen molar-refractivity contribution in [3.05, 3.63) is 52.5 Å². The summed E-state index contributed by atoms with van der Waals surface area (Å²) in [6, 6.07) is 10.4. The first-order chi connectivity index (χ1) is 13.6. The Bertz CT molecular complexity index is 995. The highest BCUT2D eigenvalue weighted by atomic mass is 35.5. The normalized spacial score (nSPS) is 11.3. The second-order valence-electron chi connectivity index (χ2n) is 6.22. The molecule has 0 radical (unpaired) electrons. The number of sulfonamides is 1. The molecule has 0 spiro atoms. The van der Waals surface area contributed by atoms with E-state index in [9.17, 15) is 18.0 Å². The Balaban J connectivity index is 2.18. The Kier molecular flexibility index (Phi) is 8.04. The minimum atomic E-state index is -3.91. The number of hydrogen-bond donors (Lipinski definition) is 2. The van der Waals surface area contributed by atoms with Gasteiger partial charge < -0.3 is 10.6 Å². The van der Waals surface area contributed by atoms with Crippen LogP contribution in [0.2, 0.25) is 10.0 Å². The second-order valence-corrected chi connectivity index (χ2v) is 9.00. The van der Waals surface area contributed by atoms with Crippen LogP contribution in [0.1, 0.15) is 20.3 Å². The van der Waals surface area contributed by atoms with E-state index in [4.69, 9.17) is 23.2 Å². The zero-order valence-electron chi connectivity index (χ0n) is 15.9. The van der Waals surface area contributed by atoms with Crippen molar-refractivity contribution in [2.45, 2.75) is 25.2 Å². The number of nitrogens with one attached hydrogen (secondary N) is 2. The second kappa shape index (κ2) is 10.1. The third kappa shape index (κ3) is 6.43. The first kappa shape index (κ1) is 23.2. The molecule has 0 saturated carbocycles. The van der Waals surface area contributed by atoms with Gasteiger partial charge in [-0.1, -0.05) is 30.1 Å². The maximum Gasteiger partial charge on any atom is 0.243 e. The number of rotatable bonds is 8. The maximum atomic E-state index is 13.0. The number of amides is 2. The number of hydrogen-bond acceptors (Lipinski definition) is 4. The highest BCUT2D eigenvalue weighted by Crippen LogP contribution is 2.25. The number of carbonyl (C=O) groups excluding carboxylic acids is 2. The summed E-state index contributed by atoms with van der Waals surface area (Å²) in [4.78, 5) is 23.6. The molecule has 2 N–H and O–H groups in total. The zero-order valence-corrected chi connectivity index (χ0v) is 18.2. The molecule has 7 nitrogen and oxygen atoms in total. The van der Waals surface area contributed by atoms with Gasteiger partial charge in [0.2, 0.25) is 21.8 Å². The van der Waals surface area contributed by atoms with Gasteiger partial charge in [-0.15, -0.1) is 0 Å². The monoisotopic (exact) mass is 457 g/mol. The highest BCUT2D eigenvalue weighted by Gasteiger charge is 2.26. The molecule has 0 atom stereocenters. The molecule has 10 heteroatoms. The summed E-state index contributed by atoms with van der Waals surface area (Å²) in [5.74, 6) is -0.785. The molecule has 156 valence electrons. The van der Waals surface area contributed by atoms with Crippen LogP contribution < -0.4 is 10.6 Å². The molecule has 2 rings (SSSR count). The fourth-order valence-electron chi connectivity index (χ4n) is 2.54. The van der Waals surface area contributed by atoms with Crippen LogP contribution in [0, 0.1) is 0 Å². The third-order valence-corrected chi connectivity index (χ3v) is 6.22. The van der Waals surface area contributed by atoms with Gasteiger partial charge in [0.25, 0.3) is 0 Å². The molecule has 2 aromatic carbocycles. The standard InChI is InChI=1S/C19H21Cl2N3O4S/c1-3-10-24(12-19(26)23-18-9-4-14(20)11-17(18)21)29(27,28)16-7-5-15(6-8-16)22-13(2)25/h4-9,11H,3,10,12H2,1-2H3,(H,22,25)(H,23,26). The molecule has 0 saturated heterocycles. The Morgan fingerprint density at radius 3 is 2.24 bits per heavy atom. The van der Waals surface area contributed by atoms with Crippen LogP contribution in [0.5, 0.6) is 0 Å². The number of halogens is 2. The van der Waals surface area contributed by atoms with Crippen LogP contribution in [0.3, 0.4) is 0 Å². The van der Waals surface area contributed by atoms with Gasteiger partial charge in [0, 0.05) is 24.2 Å². The lowest BCUT2D eigenvalue weighted by Crippen LogP contribution is -2.38. The first-order valence-electron chi connectivity index (χ1n) is 8.76. The number of carbonyl (C=O) groups is 2. The SMILES string of the molecule is CCCN(CC(=O)Nc1ccc(Cl)cc1Cl)S(=O)(=O)c1ccc(NC(C)=O)cc1. The summed E-state index contributed by atoms with van der Waals surface area (Å²) < 4.78 is 27.0. The van der Waals surface area contributed by atoms with Gasteiger partial charge in [-0.05, 0) is 48.9 Å². The van der Waals surface area contributed by atoms with E-state index in [1.807, 2.05) is 6.92 Å². The average Bonchev–Trinajstić information content (AvgIpc) is 2.63. The summed E-state index contributed by atoms with van der Waals surface area (Å²) in [5, 5.41) is 5.85. The Morgan fingerprint density at radius 1 is 1.03 bits per heavy atom. The minimum Gasteiger partial charge on any atom is -0.326 e. The van der Waals surface area contributed by atoms with Crippen molar-refractivity contribution in [2.75, 3.05) is 23.7 Å². The van der Waals surface area contributed by atoms with E-state index in [-0.39, 0.29) is 28.9 Å². The van der Waals surface area contributed by atoms with Gasteiger partial charge in [-0.2, -0.15) is 4.31 Å². The quantitative estimate of drug-likeness (QED) is 0.625. The van der Waals surface area contributed by atoms with Crippen molar-refractivity contribution in [2.24, 2.45) is 0 Å². The van der Waals surface area contributed by atoms with Gasteiger partial charge in [-0.25, -0.2) is 8.42 Å². The number of benzene rings is 2. The van der Waals surface area contributed by atoms with Crippen molar-refractivity contribution in [1.82, 2.24) is 4.31 Å². The van der Waals surface area contributed by atoms with E-state index in [0.717, 1.165) is 4.31 Å². The molecule has 2 aromatic rings. The fraction of sp³-hybridized carbons (Fsp3) is 0.263. The van der Waals surface area contributed by atoms with E-state index in [0.29, 0.717) is 22.8 Å². The third-order valence-electron chi connectivity index (χ3n) is 3.81.